The smallest absolute Gasteiger partial charge is 0.393 e. The number of hydrogen-bond donors (Lipinski definition) is 2. The summed E-state index contributed by atoms with van der Waals surface area (Å²) in [5.41, 5.74) is 4.17. The lowest BCUT2D eigenvalue weighted by atomic mass is 9.85. The third-order valence-corrected chi connectivity index (χ3v) is 11.5. The van der Waals surface area contributed by atoms with Crippen LogP contribution in [-0.2, 0) is 22.3 Å². The fourth-order valence-electron chi connectivity index (χ4n) is 6.86. The summed E-state index contributed by atoms with van der Waals surface area (Å²) >= 11 is 3.36. The summed E-state index contributed by atoms with van der Waals surface area (Å²) in [7, 11) is 4.75. The van der Waals surface area contributed by atoms with Gasteiger partial charge in [0, 0.05) is 29.1 Å². The summed E-state index contributed by atoms with van der Waals surface area (Å²) in [5.74, 6) is 1.64. The number of nitrogens with zero attached hydrogens (tertiary/aromatic N) is 2. The molecule has 3 heterocycles. The summed E-state index contributed by atoms with van der Waals surface area (Å²) in [6.07, 6.45) is 4.92. The van der Waals surface area contributed by atoms with Crippen LogP contribution in [0.5, 0.6) is 6.01 Å². The Balaban J connectivity index is 1.11. The summed E-state index contributed by atoms with van der Waals surface area (Å²) < 4.78 is 55.3. The molecule has 1 aliphatic carbocycles. The molecule has 0 saturated heterocycles. The number of rotatable bonds is 14. The number of aromatic nitrogens is 2. The van der Waals surface area contributed by atoms with Gasteiger partial charge < -0.3 is 24.6 Å². The number of ether oxygens (including phenoxy) is 3. The average molecular weight is 786 g/mol. The highest BCUT2D eigenvalue weighted by atomic mass is 127. The topological polar surface area (TPSA) is 85.7 Å². The van der Waals surface area contributed by atoms with Crippen LogP contribution in [0.1, 0.15) is 71.1 Å². The summed E-state index contributed by atoms with van der Waals surface area (Å²) in [5, 5.41) is 14.9. The third kappa shape index (κ3) is 9.18. The SMILES string of the molecule is COC1=CC(c2ccc(CCCC[C@@H]3CC([C@H](C)CC(I)c4nc(OC)nc5sc(CC(F)(F)F)cc45)[C@H](O)C3)cc2)=CNC1OC. The zero-order valence-corrected chi connectivity index (χ0v) is 30.1. The molecule has 1 saturated carbocycles. The summed E-state index contributed by atoms with van der Waals surface area (Å²) in [6.45, 7) is 2.17. The second kappa shape index (κ2) is 15.9. The highest BCUT2D eigenvalue weighted by Crippen LogP contribution is 2.44. The molecule has 1 fully saturated rings. The van der Waals surface area contributed by atoms with Gasteiger partial charge in [0.05, 0.1) is 36.4 Å². The van der Waals surface area contributed by atoms with Crippen LogP contribution in [0.15, 0.2) is 48.4 Å². The van der Waals surface area contributed by atoms with Crippen molar-refractivity contribution in [2.75, 3.05) is 21.3 Å². The molecule has 0 spiro atoms. The Morgan fingerprint density at radius 2 is 1.85 bits per heavy atom. The predicted molar refractivity (Wildman–Crippen MR) is 187 cm³/mol. The van der Waals surface area contributed by atoms with Crippen LogP contribution in [0.4, 0.5) is 13.2 Å². The van der Waals surface area contributed by atoms with Gasteiger partial charge in [0.25, 0.3) is 0 Å². The van der Waals surface area contributed by atoms with E-state index < -0.39 is 12.6 Å². The number of methoxy groups -OCH3 is 3. The molecule has 12 heteroatoms. The summed E-state index contributed by atoms with van der Waals surface area (Å²) in [6, 6.07) is 10.4. The van der Waals surface area contributed by atoms with Gasteiger partial charge >= 0.3 is 12.2 Å². The Morgan fingerprint density at radius 3 is 2.53 bits per heavy atom. The van der Waals surface area contributed by atoms with Crippen LogP contribution < -0.4 is 10.1 Å². The van der Waals surface area contributed by atoms with Crippen LogP contribution in [0, 0.1) is 17.8 Å². The van der Waals surface area contributed by atoms with Gasteiger partial charge in [-0.05, 0) is 73.1 Å². The Labute approximate surface area is 292 Å². The molecule has 2 aliphatic rings. The largest absolute Gasteiger partial charge is 0.496 e. The van der Waals surface area contributed by atoms with E-state index in [-0.39, 0.29) is 39.0 Å². The van der Waals surface area contributed by atoms with Crippen molar-refractivity contribution in [1.29, 1.82) is 0 Å². The first-order valence-corrected chi connectivity index (χ1v) is 18.1. The van der Waals surface area contributed by atoms with Crippen molar-refractivity contribution in [2.24, 2.45) is 17.8 Å². The zero-order chi connectivity index (χ0) is 33.7. The number of hydrogen-bond acceptors (Lipinski definition) is 8. The van der Waals surface area contributed by atoms with Gasteiger partial charge in [-0.15, -0.1) is 11.3 Å². The molecule has 0 radical (unpaired) electrons. The normalized spacial score (nSPS) is 22.8. The van der Waals surface area contributed by atoms with Gasteiger partial charge in [-0.25, -0.2) is 0 Å². The van der Waals surface area contributed by atoms with Crippen LogP contribution in [0.2, 0.25) is 0 Å². The van der Waals surface area contributed by atoms with Crippen molar-refractivity contribution in [3.8, 4) is 6.01 Å². The lowest BCUT2D eigenvalue weighted by Gasteiger charge is -2.25. The van der Waals surface area contributed by atoms with Crippen LogP contribution in [0.25, 0.3) is 15.8 Å². The molecule has 5 rings (SSSR count). The lowest BCUT2D eigenvalue weighted by molar-refractivity contribution is -0.126. The van der Waals surface area contributed by atoms with E-state index in [1.54, 1.807) is 20.3 Å². The van der Waals surface area contributed by atoms with Gasteiger partial charge in [0.1, 0.15) is 10.6 Å². The molecular weight excluding hydrogens is 742 g/mol. The van der Waals surface area contributed by atoms with Crippen molar-refractivity contribution < 1.29 is 32.5 Å². The Morgan fingerprint density at radius 1 is 1.09 bits per heavy atom. The molecule has 1 aromatic carbocycles. The van der Waals surface area contributed by atoms with E-state index in [2.05, 4.69) is 69.1 Å². The number of nitrogens with one attached hydrogen (secondary N) is 1. The highest BCUT2D eigenvalue weighted by Gasteiger charge is 2.37. The van der Waals surface area contributed by atoms with E-state index in [1.165, 1.54) is 12.7 Å². The molecule has 1 aliphatic heterocycles. The monoisotopic (exact) mass is 785 g/mol. The number of unbranched alkanes of at least 4 members (excludes halogenated alkanes) is 1. The van der Waals surface area contributed by atoms with Crippen LogP contribution >= 0.6 is 33.9 Å². The first-order valence-electron chi connectivity index (χ1n) is 16.0. The fourth-order valence-corrected chi connectivity index (χ4v) is 9.20. The molecular formula is C35H43F3IN3O4S. The molecule has 7 nitrogen and oxygen atoms in total. The minimum atomic E-state index is -4.29. The third-order valence-electron chi connectivity index (χ3n) is 9.32. The molecule has 3 unspecified atom stereocenters. The number of halogens is 4. The number of fused-ring (bicyclic) bond motifs is 1. The maximum absolute atomic E-state index is 13.1. The van der Waals surface area contributed by atoms with E-state index >= 15 is 0 Å². The molecule has 6 atom stereocenters. The predicted octanol–water partition coefficient (Wildman–Crippen LogP) is 8.55. The van der Waals surface area contributed by atoms with E-state index in [1.807, 2.05) is 12.3 Å². The molecule has 0 bridgehead atoms. The van der Waals surface area contributed by atoms with Gasteiger partial charge in [0.2, 0.25) is 0 Å². The molecule has 0 amide bonds. The number of aryl methyl sites for hydroxylation is 1. The van der Waals surface area contributed by atoms with Gasteiger partial charge in [0.15, 0.2) is 6.23 Å². The molecule has 2 aromatic heterocycles. The second-order valence-electron chi connectivity index (χ2n) is 12.6. The molecule has 2 N–H and O–H groups in total. The van der Waals surface area contributed by atoms with Crippen molar-refractivity contribution in [3.05, 3.63) is 70.1 Å². The minimum absolute atomic E-state index is 0.0565. The van der Waals surface area contributed by atoms with Gasteiger partial charge in [-0.2, -0.15) is 23.1 Å². The molecule has 3 aromatic rings. The van der Waals surface area contributed by atoms with Crippen molar-refractivity contribution in [3.63, 3.8) is 0 Å². The van der Waals surface area contributed by atoms with Gasteiger partial charge in [-0.3, -0.25) is 0 Å². The second-order valence-corrected chi connectivity index (χ2v) is 15.3. The summed E-state index contributed by atoms with van der Waals surface area (Å²) in [4.78, 5) is 9.60. The van der Waals surface area contributed by atoms with Gasteiger partial charge in [-0.1, -0.05) is 66.6 Å². The van der Waals surface area contributed by atoms with Crippen LogP contribution in [-0.4, -0.2) is 54.9 Å². The number of benzene rings is 1. The first-order chi connectivity index (χ1) is 22.5. The average Bonchev–Trinajstić information content (AvgIpc) is 3.63. The fraction of sp³-hybridized carbons (Fsp3) is 0.543. The Hall–Kier alpha value is -2.42. The maximum Gasteiger partial charge on any atom is 0.393 e. The number of dihydropyridines is 1. The van der Waals surface area contributed by atoms with Crippen LogP contribution in [0.3, 0.4) is 0 Å². The lowest BCUT2D eigenvalue weighted by Crippen LogP contribution is -2.31. The van der Waals surface area contributed by atoms with Crippen molar-refractivity contribution in [1.82, 2.24) is 15.3 Å². The van der Waals surface area contributed by atoms with Crippen molar-refractivity contribution in [2.45, 2.75) is 80.7 Å². The number of allylic oxidation sites excluding steroid dienone is 2. The Kier molecular flexibility index (Phi) is 12.1. The van der Waals surface area contributed by atoms with E-state index in [4.69, 9.17) is 14.2 Å². The van der Waals surface area contributed by atoms with E-state index in [9.17, 15) is 18.3 Å². The number of aliphatic hydroxyl groups excluding tert-OH is 1. The zero-order valence-electron chi connectivity index (χ0n) is 27.1. The maximum atomic E-state index is 13.1. The van der Waals surface area contributed by atoms with Crippen molar-refractivity contribution >= 4 is 49.7 Å². The van der Waals surface area contributed by atoms with E-state index in [0.717, 1.165) is 73.2 Å². The number of aliphatic hydroxyl groups is 1. The standard InChI is InChI=1S/C35H43F3IN3O4S/c1-20(13-28(39)31-27-17-25(18-35(36,37)38)47-33(27)42-34(41-31)46-4)26-14-22(15-29(26)43)8-6-5-7-21-9-11-23(12-10-21)24-16-30(44-2)32(45-3)40-19-24/h9-12,16-17,19-20,22,26,28-29,32,40,43H,5-8,13-15,18H2,1-4H3/t20-,22-,26?,28?,29-,32?/m1/s1. The minimum Gasteiger partial charge on any atom is -0.496 e. The first kappa shape index (κ1) is 35.9. The molecule has 256 valence electrons. The number of alkyl halides is 4. The van der Waals surface area contributed by atoms with E-state index in [0.29, 0.717) is 21.8 Å². The number of thiophene rings is 1. The molecule has 47 heavy (non-hydrogen) atoms. The Bertz CT molecular complexity index is 1560. The quantitative estimate of drug-likeness (QED) is 0.0963. The highest BCUT2D eigenvalue weighted by molar-refractivity contribution is 14.1.